The molecule has 0 spiro atoms. The SMILES string of the molecule is Cn1c2cc(N(c3ccccc3)c3ccc(-c4cccc5ccccc45)cc3)ccc2c2c3ccccc3c3c4ccc(N(c5ccccc5)c5ccc(-c6cccc7ccccc67)cc5)cc4n(C)c3c21. The molecular weight excluding hydrogens is 873 g/mol. The Morgan fingerprint density at radius 1 is 0.264 bits per heavy atom. The lowest BCUT2D eigenvalue weighted by atomic mass is 9.97. The molecule has 12 aromatic carbocycles. The molecule has 0 aliphatic heterocycles. The quantitative estimate of drug-likeness (QED) is 0.151. The molecule has 0 saturated carbocycles. The second kappa shape index (κ2) is 16.6. The van der Waals surface area contributed by atoms with Crippen molar-refractivity contribution in [2.24, 2.45) is 14.1 Å². The van der Waals surface area contributed by atoms with Crippen molar-refractivity contribution in [1.29, 1.82) is 0 Å². The van der Waals surface area contributed by atoms with E-state index < -0.39 is 0 Å². The molecule has 0 N–H and O–H groups in total. The zero-order valence-electron chi connectivity index (χ0n) is 40.0. The molecule has 340 valence electrons. The van der Waals surface area contributed by atoms with Crippen LogP contribution in [0.2, 0.25) is 0 Å². The van der Waals surface area contributed by atoms with Crippen molar-refractivity contribution in [3.05, 3.63) is 255 Å². The summed E-state index contributed by atoms with van der Waals surface area (Å²) in [5.74, 6) is 0. The summed E-state index contributed by atoms with van der Waals surface area (Å²) < 4.78 is 4.87. The van der Waals surface area contributed by atoms with E-state index in [-0.39, 0.29) is 0 Å². The van der Waals surface area contributed by atoms with Gasteiger partial charge in [-0.3, -0.25) is 0 Å². The van der Waals surface area contributed by atoms with Gasteiger partial charge in [0.2, 0.25) is 0 Å². The van der Waals surface area contributed by atoms with Gasteiger partial charge in [-0.1, -0.05) is 182 Å². The second-order valence-electron chi connectivity index (χ2n) is 19.0. The normalized spacial score (nSPS) is 11.8. The highest BCUT2D eigenvalue weighted by molar-refractivity contribution is 6.36. The Morgan fingerprint density at radius 2 is 0.597 bits per heavy atom. The van der Waals surface area contributed by atoms with Gasteiger partial charge in [-0.15, -0.1) is 0 Å². The molecule has 0 radical (unpaired) electrons. The fraction of sp³-hybridized carbons (Fsp3) is 0.0294. The minimum Gasteiger partial charge on any atom is -0.342 e. The van der Waals surface area contributed by atoms with Gasteiger partial charge < -0.3 is 18.9 Å². The molecule has 0 aliphatic carbocycles. The fourth-order valence-corrected chi connectivity index (χ4v) is 11.7. The molecule has 0 unspecified atom stereocenters. The summed E-state index contributed by atoms with van der Waals surface area (Å²) in [6.45, 7) is 0. The summed E-state index contributed by atoms with van der Waals surface area (Å²) in [5, 5.41) is 12.6. The smallest absolute Gasteiger partial charge is 0.0742 e. The van der Waals surface area contributed by atoms with Crippen molar-refractivity contribution in [3.8, 4) is 22.3 Å². The van der Waals surface area contributed by atoms with E-state index in [0.717, 1.165) is 34.1 Å². The number of hydrogen-bond donors (Lipinski definition) is 0. The molecule has 2 aromatic heterocycles. The summed E-state index contributed by atoms with van der Waals surface area (Å²) in [5.41, 5.74) is 16.3. The summed E-state index contributed by atoms with van der Waals surface area (Å²) in [6, 6.07) is 93.0. The number of aryl methyl sites for hydroxylation is 2. The van der Waals surface area contributed by atoms with Crippen LogP contribution in [-0.2, 0) is 14.1 Å². The van der Waals surface area contributed by atoms with Crippen LogP contribution >= 0.6 is 0 Å². The van der Waals surface area contributed by atoms with Crippen molar-refractivity contribution in [1.82, 2.24) is 9.13 Å². The molecule has 72 heavy (non-hydrogen) atoms. The Morgan fingerprint density at radius 3 is 1.01 bits per heavy atom. The van der Waals surface area contributed by atoms with Crippen LogP contribution in [0.4, 0.5) is 34.1 Å². The summed E-state index contributed by atoms with van der Waals surface area (Å²) in [4.78, 5) is 4.76. The van der Waals surface area contributed by atoms with Crippen LogP contribution in [0.1, 0.15) is 0 Å². The van der Waals surface area contributed by atoms with Crippen molar-refractivity contribution in [2.45, 2.75) is 0 Å². The van der Waals surface area contributed by atoms with Crippen LogP contribution in [0.25, 0.3) is 98.2 Å². The highest BCUT2D eigenvalue weighted by Gasteiger charge is 2.24. The second-order valence-corrected chi connectivity index (χ2v) is 19.0. The predicted octanol–water partition coefficient (Wildman–Crippen LogP) is 18.7. The maximum absolute atomic E-state index is 2.43. The van der Waals surface area contributed by atoms with E-state index in [9.17, 15) is 0 Å². The summed E-state index contributed by atoms with van der Waals surface area (Å²) in [6.07, 6.45) is 0. The molecular formula is C68H48N4. The van der Waals surface area contributed by atoms with Crippen LogP contribution in [0.15, 0.2) is 255 Å². The number of fused-ring (bicyclic) bond motifs is 12. The molecule has 0 saturated heterocycles. The average molecular weight is 921 g/mol. The molecule has 0 bridgehead atoms. The molecule has 4 nitrogen and oxygen atoms in total. The minimum atomic E-state index is 1.10. The number of rotatable bonds is 8. The number of benzene rings is 12. The number of para-hydroxylation sites is 2. The zero-order chi connectivity index (χ0) is 47.9. The molecule has 4 heteroatoms. The Bertz CT molecular complexity index is 4100. The maximum Gasteiger partial charge on any atom is 0.0742 e. The highest BCUT2D eigenvalue weighted by atomic mass is 15.2. The Labute approximate surface area is 418 Å². The van der Waals surface area contributed by atoms with E-state index in [4.69, 9.17) is 0 Å². The number of aromatic nitrogens is 2. The molecule has 0 aliphatic rings. The van der Waals surface area contributed by atoms with Gasteiger partial charge in [0.15, 0.2) is 0 Å². The van der Waals surface area contributed by atoms with E-state index in [1.54, 1.807) is 0 Å². The first-order valence-electron chi connectivity index (χ1n) is 24.8. The van der Waals surface area contributed by atoms with Crippen molar-refractivity contribution >= 4 is 110 Å². The number of nitrogens with zero attached hydrogens (tertiary/aromatic N) is 4. The van der Waals surface area contributed by atoms with Crippen LogP contribution in [0, 0.1) is 0 Å². The number of anilines is 6. The summed E-state index contributed by atoms with van der Waals surface area (Å²) in [7, 11) is 4.49. The zero-order valence-corrected chi connectivity index (χ0v) is 40.0. The fourth-order valence-electron chi connectivity index (χ4n) is 11.7. The van der Waals surface area contributed by atoms with E-state index in [1.807, 2.05) is 0 Å². The first-order valence-corrected chi connectivity index (χ1v) is 24.8. The van der Waals surface area contributed by atoms with Crippen LogP contribution in [0.5, 0.6) is 0 Å². The lowest BCUT2D eigenvalue weighted by Crippen LogP contribution is -2.10. The van der Waals surface area contributed by atoms with Crippen molar-refractivity contribution in [3.63, 3.8) is 0 Å². The molecule has 2 heterocycles. The lowest BCUT2D eigenvalue weighted by molar-refractivity contribution is 0.986. The monoisotopic (exact) mass is 920 g/mol. The molecule has 0 atom stereocenters. The number of hydrogen-bond acceptors (Lipinski definition) is 2. The van der Waals surface area contributed by atoms with Crippen LogP contribution in [0.3, 0.4) is 0 Å². The van der Waals surface area contributed by atoms with Crippen LogP contribution < -0.4 is 9.80 Å². The van der Waals surface area contributed by atoms with E-state index in [1.165, 1.54) is 98.2 Å². The first kappa shape index (κ1) is 41.6. The maximum atomic E-state index is 2.43. The molecule has 0 fully saturated rings. The van der Waals surface area contributed by atoms with Crippen molar-refractivity contribution in [2.75, 3.05) is 9.80 Å². The third kappa shape index (κ3) is 6.53. The molecule has 14 rings (SSSR count). The Hall–Kier alpha value is -9.38. The van der Waals surface area contributed by atoms with Gasteiger partial charge in [0.05, 0.1) is 22.1 Å². The topological polar surface area (TPSA) is 16.3 Å². The third-order valence-corrected chi connectivity index (χ3v) is 15.1. The van der Waals surface area contributed by atoms with Crippen molar-refractivity contribution < 1.29 is 0 Å². The van der Waals surface area contributed by atoms with Gasteiger partial charge in [0.1, 0.15) is 0 Å². The van der Waals surface area contributed by atoms with Gasteiger partial charge in [-0.2, -0.15) is 0 Å². The summed E-state index contributed by atoms with van der Waals surface area (Å²) >= 11 is 0. The van der Waals surface area contributed by atoms with E-state index in [0.29, 0.717) is 0 Å². The Balaban J connectivity index is 0.921. The third-order valence-electron chi connectivity index (χ3n) is 15.1. The molecule has 0 amide bonds. The van der Waals surface area contributed by atoms with Gasteiger partial charge >= 0.3 is 0 Å². The molecule has 14 aromatic rings. The first-order chi connectivity index (χ1) is 35.6. The van der Waals surface area contributed by atoms with E-state index >= 15 is 0 Å². The minimum absolute atomic E-state index is 1.10. The predicted molar refractivity (Wildman–Crippen MR) is 307 cm³/mol. The van der Waals surface area contributed by atoms with E-state index in [2.05, 4.69) is 288 Å². The average Bonchev–Trinajstić information content (AvgIpc) is 3.91. The Kier molecular flexibility index (Phi) is 9.62. The lowest BCUT2D eigenvalue weighted by Gasteiger charge is -2.26. The highest BCUT2D eigenvalue weighted by Crippen LogP contribution is 2.47. The standard InChI is InChI=1S/C68H48N4/c1-69-63-43-53(71(49-21-5-3-6-22-49)51-35-31-47(32-36-51)57-29-15-19-45-17-9-11-25-55(45)57)39-41-61(63)65-59-27-13-14-28-60(59)66-62-42-40-54(44-64(62)70(2)68(66)67(65)69)72(50-23-7-4-8-24-50)52-37-33-48(34-38-52)58-30-16-20-46-18-10-12-26-56(46)58/h3-44H,1-2H3. The largest absolute Gasteiger partial charge is 0.342 e. The van der Waals surface area contributed by atoms with Crippen LogP contribution in [-0.4, -0.2) is 9.13 Å². The van der Waals surface area contributed by atoms with Gasteiger partial charge in [-0.05, 0) is 127 Å². The van der Waals surface area contributed by atoms with Gasteiger partial charge in [0, 0.05) is 69.8 Å². The van der Waals surface area contributed by atoms with Gasteiger partial charge in [0.25, 0.3) is 0 Å². The van der Waals surface area contributed by atoms with Gasteiger partial charge in [-0.25, -0.2) is 0 Å².